The summed E-state index contributed by atoms with van der Waals surface area (Å²) in [5.74, 6) is -3.65. The first-order chi connectivity index (χ1) is 34.8. The number of nitrogens with one attached hydrogen (secondary N) is 9. The van der Waals surface area contributed by atoms with Crippen LogP contribution in [0.15, 0.2) is 61.6 Å². The summed E-state index contributed by atoms with van der Waals surface area (Å²) in [5, 5.41) is 24.2. The smallest absolute Gasteiger partial charge is 0.291 e. The van der Waals surface area contributed by atoms with E-state index in [0.717, 1.165) is 6.42 Å². The van der Waals surface area contributed by atoms with Gasteiger partial charge in [-0.25, -0.2) is 15.0 Å². The van der Waals surface area contributed by atoms with Crippen LogP contribution in [0.5, 0.6) is 0 Å². The molecule has 0 bridgehead atoms. The van der Waals surface area contributed by atoms with Crippen LogP contribution in [0.3, 0.4) is 0 Å². The maximum atomic E-state index is 13.2. The van der Waals surface area contributed by atoms with Gasteiger partial charge in [-0.3, -0.25) is 43.2 Å². The van der Waals surface area contributed by atoms with Crippen LogP contribution >= 0.6 is 0 Å². The molecule has 6 aromatic rings. The highest BCUT2D eigenvalue weighted by atomic mass is 16.2. The Balaban J connectivity index is 0.872. The van der Waals surface area contributed by atoms with E-state index < -0.39 is 41.4 Å². The Morgan fingerprint density at radius 3 is 1.32 bits per heavy atom. The Hall–Kier alpha value is -9.30. The van der Waals surface area contributed by atoms with Crippen molar-refractivity contribution in [1.82, 2.24) is 63.6 Å². The Morgan fingerprint density at radius 1 is 0.425 bits per heavy atom. The third-order valence-corrected chi connectivity index (χ3v) is 10.9. The molecule has 27 heteroatoms. The number of hydrogen-bond donors (Lipinski definition) is 9. The zero-order chi connectivity index (χ0) is 52.9. The molecular weight excluding hydrogens is 949 g/mol. The molecular formula is C46H58N18O9. The molecule has 6 rings (SSSR count). The molecule has 0 fully saturated rings. The van der Waals surface area contributed by atoms with Crippen molar-refractivity contribution < 1.29 is 43.2 Å². The SMILES string of the molecule is CCCNC(=O)c1cc(NC(=O)CCNC(=O)c2nc(NC(=O)CCCNC(=O)c3cc(NC(=O)c4nc(NC(=O)CCNC(=O)c5cc(NC(=O)c6nccn6C)cn5C)cn4C)cn3C)cn2C)cn1C. The van der Waals surface area contributed by atoms with Crippen molar-refractivity contribution in [2.45, 2.75) is 39.0 Å². The second kappa shape index (κ2) is 24.0. The van der Waals surface area contributed by atoms with Crippen LogP contribution in [0.4, 0.5) is 28.7 Å². The van der Waals surface area contributed by atoms with Crippen LogP contribution < -0.4 is 47.9 Å². The minimum atomic E-state index is -0.619. The number of rotatable bonds is 23. The van der Waals surface area contributed by atoms with Gasteiger partial charge in [0.25, 0.3) is 35.4 Å². The summed E-state index contributed by atoms with van der Waals surface area (Å²) in [6, 6.07) is 4.53. The molecule has 0 aromatic carbocycles. The molecule has 0 radical (unpaired) electrons. The number of hydrogen-bond acceptors (Lipinski definition) is 12. The molecule has 6 aromatic heterocycles. The molecule has 27 nitrogen and oxygen atoms in total. The van der Waals surface area contributed by atoms with E-state index in [1.165, 1.54) is 55.2 Å². The number of anilines is 5. The highest BCUT2D eigenvalue weighted by molar-refractivity contribution is 6.05. The van der Waals surface area contributed by atoms with Crippen molar-refractivity contribution in [2.75, 3.05) is 52.8 Å². The third-order valence-electron chi connectivity index (χ3n) is 10.9. The lowest BCUT2D eigenvalue weighted by Gasteiger charge is -2.06. The summed E-state index contributed by atoms with van der Waals surface area (Å²) in [5.41, 5.74) is 1.99. The number of aromatic nitrogens is 9. The molecule has 6 heterocycles. The molecule has 73 heavy (non-hydrogen) atoms. The molecule has 0 aliphatic heterocycles. The number of carbonyl (C=O) groups is 9. The molecule has 9 N–H and O–H groups in total. The topological polar surface area (TPSA) is 330 Å². The summed E-state index contributed by atoms with van der Waals surface area (Å²) in [6.45, 7) is 2.60. The number of amides is 9. The van der Waals surface area contributed by atoms with Crippen LogP contribution in [-0.4, -0.2) is 122 Å². The fourth-order valence-electron chi connectivity index (χ4n) is 7.26. The van der Waals surface area contributed by atoms with Crippen LogP contribution in [0.1, 0.15) is 102 Å². The molecule has 9 amide bonds. The maximum Gasteiger partial charge on any atom is 0.291 e. The van der Waals surface area contributed by atoms with Gasteiger partial charge in [0.1, 0.15) is 17.1 Å². The van der Waals surface area contributed by atoms with Gasteiger partial charge >= 0.3 is 0 Å². The first-order valence-corrected chi connectivity index (χ1v) is 23.0. The van der Waals surface area contributed by atoms with Gasteiger partial charge < -0.3 is 75.3 Å². The van der Waals surface area contributed by atoms with E-state index in [4.69, 9.17) is 0 Å². The third kappa shape index (κ3) is 14.2. The average molecular weight is 1010 g/mol. The fraction of sp³-hybridized carbons (Fsp3) is 0.348. The highest BCUT2D eigenvalue weighted by Crippen LogP contribution is 2.18. The summed E-state index contributed by atoms with van der Waals surface area (Å²) in [6.07, 6.45) is 11.7. The van der Waals surface area contributed by atoms with Crippen molar-refractivity contribution >= 4 is 81.9 Å². The van der Waals surface area contributed by atoms with Crippen LogP contribution in [0, 0.1) is 0 Å². The van der Waals surface area contributed by atoms with Crippen molar-refractivity contribution in [3.8, 4) is 0 Å². The molecule has 0 aliphatic rings. The first kappa shape index (κ1) is 53.1. The van der Waals surface area contributed by atoms with E-state index >= 15 is 0 Å². The second-order valence-corrected chi connectivity index (χ2v) is 16.8. The van der Waals surface area contributed by atoms with E-state index in [-0.39, 0.29) is 97.6 Å². The zero-order valence-electron chi connectivity index (χ0n) is 41.3. The van der Waals surface area contributed by atoms with Gasteiger partial charge in [0, 0.05) is 131 Å². The van der Waals surface area contributed by atoms with Crippen molar-refractivity contribution in [3.05, 3.63) is 96.1 Å². The number of carbonyl (C=O) groups excluding carboxylic acids is 9. The number of imidazole rings is 3. The van der Waals surface area contributed by atoms with Gasteiger partial charge in [-0.2, -0.15) is 0 Å². The van der Waals surface area contributed by atoms with Crippen LogP contribution in [0.2, 0.25) is 0 Å². The molecule has 0 unspecified atom stereocenters. The van der Waals surface area contributed by atoms with Gasteiger partial charge in [-0.15, -0.1) is 0 Å². The van der Waals surface area contributed by atoms with E-state index in [1.807, 2.05) is 6.92 Å². The molecule has 0 atom stereocenters. The quantitative estimate of drug-likeness (QED) is 0.0409. The van der Waals surface area contributed by atoms with Gasteiger partial charge in [-0.1, -0.05) is 6.92 Å². The standard InChI is InChI=1S/C46H58N18O9/c1-8-13-48-41(68)30-19-27(22-60(30)3)52-36(66)11-16-51-44(71)39-57-33(25-63(39)6)55-35(65)10-9-14-49-42(69)31-21-29(24-61(31)4)54-46(73)40-58-34(26-64(40)7)56-37(67)12-15-50-43(70)32-20-28(23-62(32)5)53-45(72)38-47-17-18-59(38)2/h17-26H,8-16H2,1-7H3,(H,48,68)(H,49,69)(H,50,70)(H,51,71)(H,52,66)(H,53,72)(H,54,73)(H,55,65)(H,56,67). The summed E-state index contributed by atoms with van der Waals surface area (Å²) >= 11 is 0. The minimum absolute atomic E-state index is 0.00117. The summed E-state index contributed by atoms with van der Waals surface area (Å²) in [7, 11) is 9.78. The summed E-state index contributed by atoms with van der Waals surface area (Å²) in [4.78, 5) is 127. The van der Waals surface area contributed by atoms with Crippen molar-refractivity contribution in [1.29, 1.82) is 0 Å². The van der Waals surface area contributed by atoms with Crippen molar-refractivity contribution in [2.24, 2.45) is 42.3 Å². The number of nitrogens with zero attached hydrogens (tertiary/aromatic N) is 9. The Labute approximate surface area is 417 Å². The Morgan fingerprint density at radius 2 is 0.836 bits per heavy atom. The van der Waals surface area contributed by atoms with E-state index in [2.05, 4.69) is 62.8 Å². The van der Waals surface area contributed by atoms with Gasteiger partial charge in [0.05, 0.1) is 17.1 Å². The average Bonchev–Trinajstić information content (AvgIpc) is 4.20. The Kier molecular flexibility index (Phi) is 17.5. The van der Waals surface area contributed by atoms with Crippen LogP contribution in [-0.2, 0) is 56.7 Å². The predicted molar refractivity (Wildman–Crippen MR) is 266 cm³/mol. The number of aryl methyl sites for hydroxylation is 6. The molecule has 0 aliphatic carbocycles. The second-order valence-electron chi connectivity index (χ2n) is 16.8. The van der Waals surface area contributed by atoms with Gasteiger partial charge in [-0.05, 0) is 31.0 Å². The molecule has 0 saturated carbocycles. The van der Waals surface area contributed by atoms with Crippen molar-refractivity contribution in [3.63, 3.8) is 0 Å². The zero-order valence-corrected chi connectivity index (χ0v) is 41.3. The normalized spacial score (nSPS) is 10.8. The summed E-state index contributed by atoms with van der Waals surface area (Å²) < 4.78 is 9.06. The van der Waals surface area contributed by atoms with Gasteiger partial charge in [0.2, 0.25) is 29.4 Å². The van der Waals surface area contributed by atoms with Crippen LogP contribution in [0.25, 0.3) is 0 Å². The van der Waals surface area contributed by atoms with Gasteiger partial charge in [0.15, 0.2) is 17.5 Å². The van der Waals surface area contributed by atoms with E-state index in [9.17, 15) is 43.2 Å². The molecule has 386 valence electrons. The lowest BCUT2D eigenvalue weighted by Crippen LogP contribution is -2.29. The largest absolute Gasteiger partial charge is 0.351 e. The minimum Gasteiger partial charge on any atom is -0.351 e. The fourth-order valence-corrected chi connectivity index (χ4v) is 7.26. The maximum absolute atomic E-state index is 13.2. The highest BCUT2D eigenvalue weighted by Gasteiger charge is 2.21. The predicted octanol–water partition coefficient (Wildman–Crippen LogP) is 1.21. The first-order valence-electron chi connectivity index (χ1n) is 23.0. The lowest BCUT2D eigenvalue weighted by atomic mass is 10.3. The molecule has 0 spiro atoms. The monoisotopic (exact) mass is 1010 g/mol. The van der Waals surface area contributed by atoms with E-state index in [1.54, 1.807) is 76.1 Å². The van der Waals surface area contributed by atoms with E-state index in [0.29, 0.717) is 29.3 Å². The Bertz CT molecular complexity index is 3050. The molecule has 0 saturated heterocycles. The lowest BCUT2D eigenvalue weighted by molar-refractivity contribution is -0.117.